The molecule has 3 N–H and O–H groups in total. The summed E-state index contributed by atoms with van der Waals surface area (Å²) in [6.07, 6.45) is 4.99. The molecule has 2 rings (SSSR count). The molecule has 1 aromatic rings. The Balaban J connectivity index is 1.67. The molecule has 0 bridgehead atoms. The van der Waals surface area contributed by atoms with Crippen molar-refractivity contribution in [1.29, 1.82) is 0 Å². The van der Waals surface area contributed by atoms with E-state index in [1.165, 1.54) is 19.3 Å². The maximum Gasteiger partial charge on any atom is 0.282 e. The molecule has 0 saturated heterocycles. The first kappa shape index (κ1) is 10.4. The van der Waals surface area contributed by atoms with E-state index in [4.69, 9.17) is 5.73 Å². The third-order valence-electron chi connectivity index (χ3n) is 2.41. The minimum Gasteiger partial charge on any atom is -0.374 e. The van der Waals surface area contributed by atoms with Crippen LogP contribution in [0.5, 0.6) is 0 Å². The first-order chi connectivity index (χ1) is 7.25. The van der Waals surface area contributed by atoms with E-state index in [0.29, 0.717) is 10.1 Å². The van der Waals surface area contributed by atoms with Crippen LogP contribution >= 0.6 is 11.3 Å². The lowest BCUT2D eigenvalue weighted by atomic mass is 10.2. The number of amides is 1. The molecule has 0 aromatic carbocycles. The minimum atomic E-state index is -0.167. The fourth-order valence-corrected chi connectivity index (χ4v) is 1.93. The maximum absolute atomic E-state index is 11.5. The van der Waals surface area contributed by atoms with E-state index in [1.807, 2.05) is 0 Å². The molecule has 0 radical (unpaired) electrons. The molecule has 1 saturated carbocycles. The summed E-state index contributed by atoms with van der Waals surface area (Å²) < 4.78 is 0. The quantitative estimate of drug-likeness (QED) is 0.735. The third-order valence-corrected chi connectivity index (χ3v) is 3.16. The summed E-state index contributed by atoms with van der Waals surface area (Å²) >= 11 is 1.12. The van der Waals surface area contributed by atoms with E-state index in [9.17, 15) is 4.79 Å². The number of hydrogen-bond donors (Lipinski definition) is 2. The topological polar surface area (TPSA) is 80.9 Å². The second kappa shape index (κ2) is 4.57. The zero-order valence-electron chi connectivity index (χ0n) is 8.40. The van der Waals surface area contributed by atoms with Crippen molar-refractivity contribution >= 4 is 22.4 Å². The van der Waals surface area contributed by atoms with Gasteiger partial charge in [-0.3, -0.25) is 4.79 Å². The van der Waals surface area contributed by atoms with Crippen LogP contribution in [-0.2, 0) is 0 Å². The molecule has 5 nitrogen and oxygen atoms in total. The van der Waals surface area contributed by atoms with Crippen LogP contribution in [0, 0.1) is 5.92 Å². The van der Waals surface area contributed by atoms with Crippen LogP contribution < -0.4 is 11.1 Å². The Morgan fingerprint density at radius 2 is 2.33 bits per heavy atom. The van der Waals surface area contributed by atoms with Crippen molar-refractivity contribution in [3.8, 4) is 0 Å². The van der Waals surface area contributed by atoms with Crippen LogP contribution in [0.25, 0.3) is 0 Å². The predicted molar refractivity (Wildman–Crippen MR) is 58.6 cm³/mol. The molecule has 0 unspecified atom stereocenters. The summed E-state index contributed by atoms with van der Waals surface area (Å²) in [6, 6.07) is 0. The smallest absolute Gasteiger partial charge is 0.282 e. The number of nitrogen functional groups attached to an aromatic ring is 1. The molecule has 0 aliphatic heterocycles. The number of carbonyl (C=O) groups excluding carboxylic acids is 1. The Morgan fingerprint density at radius 3 is 2.93 bits per heavy atom. The van der Waals surface area contributed by atoms with Crippen LogP contribution in [0.1, 0.15) is 35.5 Å². The third kappa shape index (κ3) is 3.16. The van der Waals surface area contributed by atoms with Crippen LogP contribution in [0.3, 0.4) is 0 Å². The summed E-state index contributed by atoms with van der Waals surface area (Å²) in [5, 5.41) is 10.7. The molecule has 15 heavy (non-hydrogen) atoms. The van der Waals surface area contributed by atoms with Crippen LogP contribution in [-0.4, -0.2) is 22.6 Å². The van der Waals surface area contributed by atoms with E-state index >= 15 is 0 Å². The van der Waals surface area contributed by atoms with Crippen molar-refractivity contribution in [3.63, 3.8) is 0 Å². The highest BCUT2D eigenvalue weighted by Crippen LogP contribution is 2.33. The highest BCUT2D eigenvalue weighted by atomic mass is 32.1. The lowest BCUT2D eigenvalue weighted by Crippen LogP contribution is -2.24. The number of nitrogens with zero attached hydrogens (tertiary/aromatic N) is 2. The largest absolute Gasteiger partial charge is 0.374 e. The Morgan fingerprint density at radius 1 is 1.53 bits per heavy atom. The number of nitrogens with two attached hydrogens (primary N) is 1. The van der Waals surface area contributed by atoms with Gasteiger partial charge in [0.15, 0.2) is 0 Å². The Kier molecular flexibility index (Phi) is 3.15. The molecule has 1 aromatic heterocycles. The predicted octanol–water partition coefficient (Wildman–Crippen LogP) is 1.04. The van der Waals surface area contributed by atoms with Crippen LogP contribution in [0.2, 0.25) is 0 Å². The summed E-state index contributed by atoms with van der Waals surface area (Å²) in [7, 11) is 0. The van der Waals surface area contributed by atoms with E-state index in [-0.39, 0.29) is 5.91 Å². The molecule has 82 valence electrons. The van der Waals surface area contributed by atoms with Crippen molar-refractivity contribution in [2.24, 2.45) is 5.92 Å². The summed E-state index contributed by atoms with van der Waals surface area (Å²) in [5.41, 5.74) is 5.38. The van der Waals surface area contributed by atoms with Gasteiger partial charge in [-0.25, -0.2) is 0 Å². The highest BCUT2D eigenvalue weighted by molar-refractivity contribution is 7.16. The molecule has 0 spiro atoms. The van der Waals surface area contributed by atoms with Gasteiger partial charge in [-0.05, 0) is 18.8 Å². The van der Waals surface area contributed by atoms with E-state index in [0.717, 1.165) is 30.2 Å². The molecule has 1 amide bonds. The van der Waals surface area contributed by atoms with Gasteiger partial charge in [0.05, 0.1) is 0 Å². The monoisotopic (exact) mass is 226 g/mol. The Hall–Kier alpha value is -1.17. The number of aromatic nitrogens is 2. The van der Waals surface area contributed by atoms with E-state index < -0.39 is 0 Å². The average Bonchev–Trinajstić information content (AvgIpc) is 2.94. The van der Waals surface area contributed by atoms with Crippen molar-refractivity contribution in [2.45, 2.75) is 25.7 Å². The zero-order valence-corrected chi connectivity index (χ0v) is 9.22. The maximum atomic E-state index is 11.5. The molecule has 6 heteroatoms. The molecular weight excluding hydrogens is 212 g/mol. The minimum absolute atomic E-state index is 0.167. The van der Waals surface area contributed by atoms with Gasteiger partial charge < -0.3 is 11.1 Å². The normalized spacial score (nSPS) is 15.2. The van der Waals surface area contributed by atoms with Gasteiger partial charge in [0, 0.05) is 6.54 Å². The highest BCUT2D eigenvalue weighted by Gasteiger charge is 2.20. The van der Waals surface area contributed by atoms with Gasteiger partial charge in [0.1, 0.15) is 0 Å². The molecule has 1 aliphatic carbocycles. The Bertz CT molecular complexity index is 348. The second-order valence-corrected chi connectivity index (χ2v) is 4.80. The second-order valence-electron chi connectivity index (χ2n) is 3.79. The van der Waals surface area contributed by atoms with Gasteiger partial charge in [0.25, 0.3) is 5.91 Å². The average molecular weight is 226 g/mol. The fourth-order valence-electron chi connectivity index (χ4n) is 1.40. The van der Waals surface area contributed by atoms with Crippen molar-refractivity contribution < 1.29 is 4.79 Å². The van der Waals surface area contributed by atoms with Gasteiger partial charge in [-0.1, -0.05) is 24.2 Å². The van der Waals surface area contributed by atoms with Crippen molar-refractivity contribution in [1.82, 2.24) is 15.5 Å². The summed E-state index contributed by atoms with van der Waals surface area (Å²) in [4.78, 5) is 11.5. The number of nitrogens with one attached hydrogen (secondary N) is 1. The summed E-state index contributed by atoms with van der Waals surface area (Å²) in [6.45, 7) is 0.717. The molecular formula is C9H14N4OS. The van der Waals surface area contributed by atoms with Gasteiger partial charge in [-0.2, -0.15) is 0 Å². The standard InChI is InChI=1S/C9H14N4OS/c10-9-13-12-8(15-9)7(14)11-5-1-2-6-3-4-6/h6H,1-5H2,(H2,10,13)(H,11,14). The van der Waals surface area contributed by atoms with Crippen LogP contribution in [0.4, 0.5) is 5.13 Å². The Labute approximate surface area is 92.1 Å². The number of anilines is 1. The van der Waals surface area contributed by atoms with E-state index in [1.54, 1.807) is 0 Å². The molecule has 0 atom stereocenters. The van der Waals surface area contributed by atoms with E-state index in [2.05, 4.69) is 15.5 Å². The molecule has 1 aliphatic rings. The first-order valence-corrected chi connectivity index (χ1v) is 5.94. The SMILES string of the molecule is Nc1nnc(C(=O)NCCCC2CC2)s1. The number of carbonyl (C=O) groups is 1. The summed E-state index contributed by atoms with van der Waals surface area (Å²) in [5.74, 6) is 0.749. The van der Waals surface area contributed by atoms with Gasteiger partial charge in [0.2, 0.25) is 10.1 Å². The zero-order chi connectivity index (χ0) is 10.7. The molecule has 1 fully saturated rings. The lowest BCUT2D eigenvalue weighted by Gasteiger charge is -2.01. The van der Waals surface area contributed by atoms with Crippen molar-refractivity contribution in [2.75, 3.05) is 12.3 Å². The lowest BCUT2D eigenvalue weighted by molar-refractivity contribution is 0.0951. The number of rotatable bonds is 5. The van der Waals surface area contributed by atoms with Crippen molar-refractivity contribution in [3.05, 3.63) is 5.01 Å². The van der Waals surface area contributed by atoms with Gasteiger partial charge >= 0.3 is 0 Å². The van der Waals surface area contributed by atoms with Crippen LogP contribution in [0.15, 0.2) is 0 Å². The first-order valence-electron chi connectivity index (χ1n) is 5.13. The van der Waals surface area contributed by atoms with Gasteiger partial charge in [-0.15, -0.1) is 10.2 Å². The fraction of sp³-hybridized carbons (Fsp3) is 0.667. The molecule has 1 heterocycles. The number of hydrogen-bond acceptors (Lipinski definition) is 5.